The van der Waals surface area contributed by atoms with Crippen molar-refractivity contribution in [2.75, 3.05) is 13.1 Å². The van der Waals surface area contributed by atoms with E-state index in [1.54, 1.807) is 0 Å². The molecule has 0 unspecified atom stereocenters. The highest BCUT2D eigenvalue weighted by Gasteiger charge is 2.22. The molecule has 0 bridgehead atoms. The summed E-state index contributed by atoms with van der Waals surface area (Å²) in [5.74, 6) is 0. The van der Waals surface area contributed by atoms with Gasteiger partial charge in [-0.25, -0.2) is 0 Å². The van der Waals surface area contributed by atoms with Crippen molar-refractivity contribution in [1.29, 1.82) is 5.26 Å². The molecule has 2 aromatic rings. The van der Waals surface area contributed by atoms with E-state index in [1.165, 1.54) is 16.7 Å². The number of benzene rings is 2. The summed E-state index contributed by atoms with van der Waals surface area (Å²) in [6, 6.07) is 18.6. The van der Waals surface area contributed by atoms with Crippen LogP contribution in [0.1, 0.15) is 36.1 Å². The third-order valence-electron chi connectivity index (χ3n) is 4.74. The highest BCUT2D eigenvalue weighted by Crippen LogP contribution is 2.17. The molecule has 0 spiro atoms. The molecular formula is C22H27N3O. The summed E-state index contributed by atoms with van der Waals surface area (Å²) in [5.41, 5.74) is 4.61. The molecule has 136 valence electrons. The lowest BCUT2D eigenvalue weighted by Gasteiger charge is -2.35. The number of rotatable bonds is 6. The summed E-state index contributed by atoms with van der Waals surface area (Å²) in [4.78, 5) is 2.48. The number of ether oxygens (including phenoxy) is 1. The molecule has 2 atom stereocenters. The van der Waals surface area contributed by atoms with Crippen LogP contribution >= 0.6 is 0 Å². The van der Waals surface area contributed by atoms with Crippen LogP contribution in [0.4, 0.5) is 0 Å². The largest absolute Gasteiger partial charge is 0.373 e. The topological polar surface area (TPSA) is 48.3 Å². The number of nitrogens with one attached hydrogen (secondary N) is 1. The van der Waals surface area contributed by atoms with Crippen LogP contribution in [0.15, 0.2) is 48.5 Å². The van der Waals surface area contributed by atoms with Crippen LogP contribution in [-0.2, 0) is 24.4 Å². The molecule has 0 aliphatic carbocycles. The third kappa shape index (κ3) is 5.15. The molecule has 1 N–H and O–H groups in total. The number of nitrogens with zero attached hydrogens (tertiary/aromatic N) is 2. The molecule has 0 amide bonds. The molecule has 4 nitrogen and oxygen atoms in total. The van der Waals surface area contributed by atoms with Gasteiger partial charge in [0.1, 0.15) is 0 Å². The fourth-order valence-electron chi connectivity index (χ4n) is 3.58. The lowest BCUT2D eigenvalue weighted by molar-refractivity contribution is -0.0705. The number of hydrogen-bond donors (Lipinski definition) is 1. The van der Waals surface area contributed by atoms with E-state index in [0.717, 1.165) is 32.7 Å². The van der Waals surface area contributed by atoms with E-state index in [1.807, 2.05) is 24.3 Å². The molecule has 3 rings (SSSR count). The quantitative estimate of drug-likeness (QED) is 0.868. The maximum Gasteiger partial charge on any atom is 0.0991 e. The van der Waals surface area contributed by atoms with Gasteiger partial charge in [0.25, 0.3) is 0 Å². The van der Waals surface area contributed by atoms with Crippen LogP contribution in [0.2, 0.25) is 0 Å². The molecule has 2 aromatic carbocycles. The number of morpholine rings is 1. The Kier molecular flexibility index (Phi) is 6.40. The van der Waals surface area contributed by atoms with Crippen LogP contribution < -0.4 is 5.32 Å². The molecule has 0 radical (unpaired) electrons. The zero-order valence-electron chi connectivity index (χ0n) is 15.6. The van der Waals surface area contributed by atoms with Crippen LogP contribution in [0.3, 0.4) is 0 Å². The fraction of sp³-hybridized carbons (Fsp3) is 0.409. The minimum Gasteiger partial charge on any atom is -0.373 e. The Balaban J connectivity index is 1.57. The molecule has 4 heteroatoms. The molecule has 1 aliphatic heterocycles. The second-order valence-electron chi connectivity index (χ2n) is 7.13. The van der Waals surface area contributed by atoms with Gasteiger partial charge in [-0.3, -0.25) is 4.90 Å². The maximum atomic E-state index is 8.87. The zero-order valence-corrected chi connectivity index (χ0v) is 15.6. The van der Waals surface area contributed by atoms with Crippen molar-refractivity contribution in [2.24, 2.45) is 0 Å². The van der Waals surface area contributed by atoms with Crippen molar-refractivity contribution in [2.45, 2.75) is 45.7 Å². The van der Waals surface area contributed by atoms with Gasteiger partial charge in [0.2, 0.25) is 0 Å². The summed E-state index contributed by atoms with van der Waals surface area (Å²) < 4.78 is 5.84. The van der Waals surface area contributed by atoms with Gasteiger partial charge in [-0.2, -0.15) is 5.26 Å². The summed E-state index contributed by atoms with van der Waals surface area (Å²) in [7, 11) is 0. The summed E-state index contributed by atoms with van der Waals surface area (Å²) in [6.07, 6.45) is 0.584. The minimum atomic E-state index is 0.292. The van der Waals surface area contributed by atoms with Crippen molar-refractivity contribution in [3.8, 4) is 6.07 Å². The average Bonchev–Trinajstić information content (AvgIpc) is 2.63. The first-order chi connectivity index (χ1) is 12.6. The Bertz CT molecular complexity index is 741. The second-order valence-corrected chi connectivity index (χ2v) is 7.13. The summed E-state index contributed by atoms with van der Waals surface area (Å²) in [6.45, 7) is 8.86. The fourth-order valence-corrected chi connectivity index (χ4v) is 3.58. The molecule has 1 aliphatic rings. The molecule has 0 aromatic heterocycles. The molecular weight excluding hydrogens is 322 g/mol. The van der Waals surface area contributed by atoms with Crippen LogP contribution in [-0.4, -0.2) is 30.2 Å². The van der Waals surface area contributed by atoms with Gasteiger partial charge in [-0.05, 0) is 42.7 Å². The standard InChI is InChI=1S/C22H27N3O/c1-17-14-25(15-18(2)26-17)16-22-6-4-3-5-21(22)13-24-12-20-9-7-19(11-23)8-10-20/h3-10,17-18,24H,12-16H2,1-2H3/t17-,18+. The van der Waals surface area contributed by atoms with Crippen molar-refractivity contribution in [1.82, 2.24) is 10.2 Å². The average molecular weight is 349 g/mol. The molecule has 1 saturated heterocycles. The Morgan fingerprint density at radius 2 is 1.65 bits per heavy atom. The van der Waals surface area contributed by atoms with Crippen molar-refractivity contribution in [3.63, 3.8) is 0 Å². The van der Waals surface area contributed by atoms with E-state index >= 15 is 0 Å². The van der Waals surface area contributed by atoms with E-state index < -0.39 is 0 Å². The monoisotopic (exact) mass is 349 g/mol. The lowest BCUT2D eigenvalue weighted by Crippen LogP contribution is -2.45. The van der Waals surface area contributed by atoms with Gasteiger partial charge < -0.3 is 10.1 Å². The van der Waals surface area contributed by atoms with E-state index in [4.69, 9.17) is 10.00 Å². The van der Waals surface area contributed by atoms with E-state index in [2.05, 4.69) is 54.4 Å². The van der Waals surface area contributed by atoms with Crippen molar-refractivity contribution < 1.29 is 4.74 Å². The molecule has 26 heavy (non-hydrogen) atoms. The lowest BCUT2D eigenvalue weighted by atomic mass is 10.1. The SMILES string of the molecule is C[C@@H]1CN(Cc2ccccc2CNCc2ccc(C#N)cc2)C[C@H](C)O1. The molecule has 1 heterocycles. The Hall–Kier alpha value is -2.19. The summed E-state index contributed by atoms with van der Waals surface area (Å²) in [5, 5.41) is 12.4. The highest BCUT2D eigenvalue weighted by atomic mass is 16.5. The van der Waals surface area contributed by atoms with Gasteiger partial charge in [-0.1, -0.05) is 36.4 Å². The van der Waals surface area contributed by atoms with Gasteiger partial charge in [0, 0.05) is 32.7 Å². The summed E-state index contributed by atoms with van der Waals surface area (Å²) >= 11 is 0. The maximum absolute atomic E-state index is 8.87. The van der Waals surface area contributed by atoms with E-state index in [-0.39, 0.29) is 0 Å². The van der Waals surface area contributed by atoms with Gasteiger partial charge in [-0.15, -0.1) is 0 Å². The first kappa shape index (κ1) is 18.6. The molecule has 1 fully saturated rings. The Morgan fingerprint density at radius 3 is 2.31 bits per heavy atom. The van der Waals surface area contributed by atoms with Crippen molar-refractivity contribution >= 4 is 0 Å². The molecule has 0 saturated carbocycles. The highest BCUT2D eigenvalue weighted by molar-refractivity contribution is 5.32. The Morgan fingerprint density at radius 1 is 1.00 bits per heavy atom. The smallest absolute Gasteiger partial charge is 0.0991 e. The Labute approximate surface area is 156 Å². The second kappa shape index (κ2) is 8.95. The van der Waals surface area contributed by atoms with E-state index in [9.17, 15) is 0 Å². The first-order valence-electron chi connectivity index (χ1n) is 9.28. The predicted octanol–water partition coefficient (Wildman–Crippen LogP) is 3.46. The minimum absolute atomic E-state index is 0.292. The van der Waals surface area contributed by atoms with Crippen LogP contribution in [0, 0.1) is 11.3 Å². The van der Waals surface area contributed by atoms with E-state index in [0.29, 0.717) is 17.8 Å². The zero-order chi connectivity index (χ0) is 18.4. The van der Waals surface area contributed by atoms with Gasteiger partial charge in [0.15, 0.2) is 0 Å². The third-order valence-corrected chi connectivity index (χ3v) is 4.74. The first-order valence-corrected chi connectivity index (χ1v) is 9.28. The predicted molar refractivity (Wildman–Crippen MR) is 103 cm³/mol. The number of hydrogen-bond acceptors (Lipinski definition) is 4. The van der Waals surface area contributed by atoms with Gasteiger partial charge in [0.05, 0.1) is 23.8 Å². The van der Waals surface area contributed by atoms with Crippen LogP contribution in [0.25, 0.3) is 0 Å². The van der Waals surface area contributed by atoms with Gasteiger partial charge >= 0.3 is 0 Å². The van der Waals surface area contributed by atoms with Crippen LogP contribution in [0.5, 0.6) is 0 Å². The normalized spacial score (nSPS) is 20.7. The van der Waals surface area contributed by atoms with Crippen molar-refractivity contribution in [3.05, 3.63) is 70.8 Å². The number of nitriles is 1.